The molecule has 0 fully saturated rings. The zero-order chi connectivity index (χ0) is 26.2. The molecule has 0 radical (unpaired) electrons. The van der Waals surface area contributed by atoms with Crippen molar-refractivity contribution < 1.29 is 38.1 Å². The van der Waals surface area contributed by atoms with E-state index in [0.717, 1.165) is 24.3 Å². The number of hydrogen-bond acceptors (Lipinski definition) is 2. The number of aromatic nitrogens is 1. The van der Waals surface area contributed by atoms with Crippen LogP contribution in [-0.2, 0) is 19.0 Å². The van der Waals surface area contributed by atoms with E-state index < -0.39 is 0 Å². The lowest BCUT2D eigenvalue weighted by molar-refractivity contribution is -0.673. The molecule has 2 aromatic rings. The molecule has 1 N–H and O–H groups in total. The fourth-order valence-electron chi connectivity index (χ4n) is 4.56. The fraction of sp³-hybridized carbons (Fsp3) is 0.625. The number of amides is 1. The standard InChI is InChI=1S/C32H50N2O2.HI/c1-6-7-8-9-10-11-12-13-14-15-16-19-24-36-30-22-21-27(25-28(30)32(2,3)4)26-33-31(35)29-20-17-18-23-34(29)5;/h17-18,20-23,25H,6-16,19,24,26H2,1-5H3;1H. The molecule has 5 heteroatoms. The third-order valence-electron chi connectivity index (χ3n) is 6.85. The summed E-state index contributed by atoms with van der Waals surface area (Å²) in [6.07, 6.45) is 18.1. The Morgan fingerprint density at radius 2 is 1.46 bits per heavy atom. The van der Waals surface area contributed by atoms with Crippen LogP contribution < -0.4 is 38.6 Å². The van der Waals surface area contributed by atoms with Crippen molar-refractivity contribution in [2.75, 3.05) is 6.61 Å². The van der Waals surface area contributed by atoms with Crippen molar-refractivity contribution in [3.63, 3.8) is 0 Å². The van der Waals surface area contributed by atoms with Crippen molar-refractivity contribution >= 4 is 5.91 Å². The highest BCUT2D eigenvalue weighted by Crippen LogP contribution is 2.32. The molecule has 0 saturated heterocycles. The first-order chi connectivity index (χ1) is 17.3. The van der Waals surface area contributed by atoms with Gasteiger partial charge in [0.15, 0.2) is 6.20 Å². The molecule has 1 aromatic heterocycles. The Balaban J connectivity index is 0.00000684. The van der Waals surface area contributed by atoms with E-state index in [1.165, 1.54) is 76.2 Å². The van der Waals surface area contributed by atoms with E-state index in [2.05, 4.69) is 51.2 Å². The highest BCUT2D eigenvalue weighted by molar-refractivity contribution is 5.90. The second kappa shape index (κ2) is 18.6. The Labute approximate surface area is 244 Å². The maximum Gasteiger partial charge on any atom is 0.316 e. The second-order valence-corrected chi connectivity index (χ2v) is 11.2. The Kier molecular flexibility index (Phi) is 16.8. The van der Waals surface area contributed by atoms with Crippen LogP contribution in [0.3, 0.4) is 0 Å². The molecular formula is C32H51IN2O2. The molecule has 1 heterocycles. The number of aryl methyl sites for hydroxylation is 1. The largest absolute Gasteiger partial charge is 1.00 e. The van der Waals surface area contributed by atoms with Crippen LogP contribution in [-0.4, -0.2) is 12.5 Å². The molecule has 0 aliphatic rings. The average molecular weight is 623 g/mol. The smallest absolute Gasteiger partial charge is 0.316 e. The van der Waals surface area contributed by atoms with Crippen LogP contribution in [0.5, 0.6) is 5.75 Å². The van der Waals surface area contributed by atoms with Crippen LogP contribution >= 0.6 is 0 Å². The van der Waals surface area contributed by atoms with Gasteiger partial charge in [-0.25, -0.2) is 0 Å². The summed E-state index contributed by atoms with van der Waals surface area (Å²) < 4.78 is 8.07. The van der Waals surface area contributed by atoms with E-state index in [1.54, 1.807) is 0 Å². The second-order valence-electron chi connectivity index (χ2n) is 11.2. The first kappa shape index (κ1) is 33.4. The number of ether oxygens (including phenoxy) is 1. The molecule has 0 saturated carbocycles. The summed E-state index contributed by atoms with van der Waals surface area (Å²) in [6.45, 7) is 10.2. The first-order valence-corrected chi connectivity index (χ1v) is 14.3. The van der Waals surface area contributed by atoms with E-state index in [1.807, 2.05) is 36.0 Å². The number of benzene rings is 1. The Morgan fingerprint density at radius 3 is 2.03 bits per heavy atom. The average Bonchev–Trinajstić information content (AvgIpc) is 2.85. The van der Waals surface area contributed by atoms with Gasteiger partial charge in [-0.1, -0.05) is 104 Å². The monoisotopic (exact) mass is 622 g/mol. The maximum absolute atomic E-state index is 12.6. The normalized spacial score (nSPS) is 11.2. The number of hydrogen-bond donors (Lipinski definition) is 1. The Morgan fingerprint density at radius 1 is 0.865 bits per heavy atom. The lowest BCUT2D eigenvalue weighted by atomic mass is 9.85. The number of carbonyl (C=O) groups excluding carboxylic acids is 1. The SMILES string of the molecule is CCCCCCCCCCCCCCOc1ccc(CNC(=O)c2cccc[n+]2C)cc1C(C)(C)C.[I-]. The molecule has 1 amide bonds. The topological polar surface area (TPSA) is 42.2 Å². The minimum atomic E-state index is -0.0669. The summed E-state index contributed by atoms with van der Waals surface area (Å²) in [5.41, 5.74) is 2.90. The summed E-state index contributed by atoms with van der Waals surface area (Å²) in [5.74, 6) is 0.901. The van der Waals surface area contributed by atoms with Crippen LogP contribution in [0, 0.1) is 0 Å². The molecule has 0 bridgehead atoms. The van der Waals surface area contributed by atoms with Gasteiger partial charge < -0.3 is 34.0 Å². The number of rotatable bonds is 17. The van der Waals surface area contributed by atoms with Crippen LogP contribution in [0.15, 0.2) is 42.6 Å². The van der Waals surface area contributed by atoms with Crippen LogP contribution in [0.1, 0.15) is 126 Å². The molecule has 4 nitrogen and oxygen atoms in total. The summed E-state index contributed by atoms with van der Waals surface area (Å²) in [5, 5.41) is 3.05. The lowest BCUT2D eigenvalue weighted by Gasteiger charge is -2.24. The molecule has 208 valence electrons. The molecule has 0 atom stereocenters. The van der Waals surface area contributed by atoms with E-state index in [4.69, 9.17) is 4.74 Å². The molecule has 1 aromatic carbocycles. The lowest BCUT2D eigenvalue weighted by Crippen LogP contribution is -3.00. The van der Waals surface area contributed by atoms with Crippen molar-refractivity contribution in [3.8, 4) is 5.75 Å². The third kappa shape index (κ3) is 13.1. The molecule has 2 rings (SSSR count). The number of carbonyl (C=O) groups is 1. The number of pyridine rings is 1. The Bertz CT molecular complexity index is 908. The van der Waals surface area contributed by atoms with Crippen LogP contribution in [0.2, 0.25) is 0 Å². The number of halogens is 1. The molecule has 37 heavy (non-hydrogen) atoms. The van der Waals surface area contributed by atoms with Crippen molar-refractivity contribution in [1.82, 2.24) is 5.32 Å². The third-order valence-corrected chi connectivity index (χ3v) is 6.85. The van der Waals surface area contributed by atoms with Gasteiger partial charge in [0.25, 0.3) is 5.69 Å². The van der Waals surface area contributed by atoms with E-state index in [9.17, 15) is 4.79 Å². The molecule has 0 aliphatic heterocycles. The summed E-state index contributed by atoms with van der Waals surface area (Å²) in [4.78, 5) is 12.6. The van der Waals surface area contributed by atoms with Crippen molar-refractivity contribution in [2.45, 2.75) is 117 Å². The van der Waals surface area contributed by atoms with Gasteiger partial charge in [0.2, 0.25) is 0 Å². The Hall–Kier alpha value is -1.63. The van der Waals surface area contributed by atoms with Crippen LogP contribution in [0.25, 0.3) is 0 Å². The number of unbranched alkanes of at least 4 members (excludes halogenated alkanes) is 11. The molecular weight excluding hydrogens is 571 g/mol. The highest BCUT2D eigenvalue weighted by Gasteiger charge is 2.20. The van der Waals surface area contributed by atoms with E-state index in [-0.39, 0.29) is 35.3 Å². The van der Waals surface area contributed by atoms with Gasteiger partial charge in [0.05, 0.1) is 6.61 Å². The van der Waals surface area contributed by atoms with Gasteiger partial charge in [-0.3, -0.25) is 4.79 Å². The predicted molar refractivity (Wildman–Crippen MR) is 151 cm³/mol. The van der Waals surface area contributed by atoms with Crippen molar-refractivity contribution in [2.24, 2.45) is 7.05 Å². The summed E-state index contributed by atoms with van der Waals surface area (Å²) in [6, 6.07) is 12.0. The predicted octanol–water partition coefficient (Wildman–Crippen LogP) is 4.82. The molecule has 0 spiro atoms. The van der Waals surface area contributed by atoms with Gasteiger partial charge in [-0.2, -0.15) is 4.57 Å². The molecule has 0 unspecified atom stereocenters. The van der Waals surface area contributed by atoms with Crippen molar-refractivity contribution in [3.05, 3.63) is 59.4 Å². The maximum atomic E-state index is 12.6. The zero-order valence-corrected chi connectivity index (χ0v) is 26.2. The quantitative estimate of drug-likeness (QED) is 0.156. The first-order valence-electron chi connectivity index (χ1n) is 14.3. The van der Waals surface area contributed by atoms with Gasteiger partial charge in [0.1, 0.15) is 12.8 Å². The highest BCUT2D eigenvalue weighted by atomic mass is 127. The van der Waals surface area contributed by atoms with Gasteiger partial charge in [0, 0.05) is 18.7 Å². The summed E-state index contributed by atoms with van der Waals surface area (Å²) in [7, 11) is 1.88. The fourth-order valence-corrected chi connectivity index (χ4v) is 4.56. The van der Waals surface area contributed by atoms with E-state index >= 15 is 0 Å². The minimum absolute atomic E-state index is 0. The van der Waals surface area contributed by atoms with E-state index in [0.29, 0.717) is 12.2 Å². The number of nitrogens with one attached hydrogen (secondary N) is 1. The number of nitrogens with zero attached hydrogens (tertiary/aromatic N) is 1. The van der Waals surface area contributed by atoms with Gasteiger partial charge in [-0.05, 0) is 41.2 Å². The van der Waals surface area contributed by atoms with Crippen molar-refractivity contribution in [1.29, 1.82) is 0 Å². The minimum Gasteiger partial charge on any atom is -1.00 e. The zero-order valence-electron chi connectivity index (χ0n) is 24.1. The van der Waals surface area contributed by atoms with Gasteiger partial charge >= 0.3 is 5.91 Å². The van der Waals surface area contributed by atoms with Crippen LogP contribution in [0.4, 0.5) is 0 Å². The summed E-state index contributed by atoms with van der Waals surface area (Å²) >= 11 is 0. The van der Waals surface area contributed by atoms with Gasteiger partial charge in [-0.15, -0.1) is 0 Å². The molecule has 0 aliphatic carbocycles.